The predicted molar refractivity (Wildman–Crippen MR) is 103 cm³/mol. The molecule has 0 aliphatic carbocycles. The third-order valence-electron chi connectivity index (χ3n) is 4.62. The second-order valence-electron chi connectivity index (χ2n) is 6.42. The maximum Gasteiger partial charge on any atom is 0.227 e. The van der Waals surface area contributed by atoms with E-state index in [9.17, 15) is 13.6 Å². The van der Waals surface area contributed by atoms with Crippen LogP contribution in [0.4, 0.5) is 14.5 Å². The van der Waals surface area contributed by atoms with E-state index in [1.165, 1.54) is 17.2 Å². The first kappa shape index (κ1) is 18.9. The van der Waals surface area contributed by atoms with Crippen molar-refractivity contribution >= 4 is 34.8 Å². The predicted octanol–water partition coefficient (Wildman–Crippen LogP) is 5.45. The molecule has 1 amide bonds. The van der Waals surface area contributed by atoms with E-state index in [2.05, 4.69) is 4.98 Å². The number of aromatic nitrogens is 1. The van der Waals surface area contributed by atoms with Crippen LogP contribution in [0.3, 0.4) is 0 Å². The smallest absolute Gasteiger partial charge is 0.227 e. The van der Waals surface area contributed by atoms with E-state index in [-0.39, 0.29) is 18.7 Å². The Morgan fingerprint density at radius 3 is 2.82 bits per heavy atom. The van der Waals surface area contributed by atoms with Gasteiger partial charge in [-0.15, -0.1) is 0 Å². The Kier molecular flexibility index (Phi) is 5.08. The van der Waals surface area contributed by atoms with Gasteiger partial charge in [0.05, 0.1) is 16.9 Å². The van der Waals surface area contributed by atoms with Crippen molar-refractivity contribution in [3.8, 4) is 11.3 Å². The third kappa shape index (κ3) is 3.62. The number of oxazole rings is 1. The van der Waals surface area contributed by atoms with Gasteiger partial charge < -0.3 is 9.32 Å². The van der Waals surface area contributed by atoms with Gasteiger partial charge in [-0.1, -0.05) is 23.2 Å². The van der Waals surface area contributed by atoms with Crippen molar-refractivity contribution in [2.75, 3.05) is 11.4 Å². The normalized spacial score (nSPS) is 13.1. The molecule has 4 rings (SSSR count). The summed E-state index contributed by atoms with van der Waals surface area (Å²) in [5.74, 6) is -0.720. The lowest BCUT2D eigenvalue weighted by Gasteiger charge is -2.17. The van der Waals surface area contributed by atoms with E-state index in [0.29, 0.717) is 51.5 Å². The van der Waals surface area contributed by atoms with Crippen molar-refractivity contribution in [1.29, 1.82) is 0 Å². The van der Waals surface area contributed by atoms with Crippen LogP contribution in [0.25, 0.3) is 11.3 Å². The molecule has 0 N–H and O–H groups in total. The van der Waals surface area contributed by atoms with Crippen LogP contribution >= 0.6 is 23.2 Å². The van der Waals surface area contributed by atoms with Crippen LogP contribution in [0.5, 0.6) is 0 Å². The van der Waals surface area contributed by atoms with Crippen molar-refractivity contribution in [3.05, 3.63) is 69.7 Å². The number of halogens is 4. The van der Waals surface area contributed by atoms with Crippen LogP contribution in [0.2, 0.25) is 10.0 Å². The molecule has 28 heavy (non-hydrogen) atoms. The molecule has 0 spiro atoms. The third-order valence-corrected chi connectivity index (χ3v) is 5.16. The van der Waals surface area contributed by atoms with Gasteiger partial charge in [0.1, 0.15) is 11.6 Å². The molecule has 0 radical (unpaired) electrons. The lowest BCUT2D eigenvalue weighted by molar-refractivity contribution is -0.118. The first-order valence-electron chi connectivity index (χ1n) is 8.61. The van der Waals surface area contributed by atoms with E-state index in [1.54, 1.807) is 18.2 Å². The van der Waals surface area contributed by atoms with E-state index < -0.39 is 11.6 Å². The number of nitrogens with zero attached hydrogens (tertiary/aromatic N) is 2. The molecule has 0 saturated carbocycles. The number of benzene rings is 2. The van der Waals surface area contributed by atoms with E-state index in [4.69, 9.17) is 27.6 Å². The zero-order valence-electron chi connectivity index (χ0n) is 14.5. The fourth-order valence-corrected chi connectivity index (χ4v) is 3.77. The van der Waals surface area contributed by atoms with Crippen LogP contribution < -0.4 is 4.90 Å². The average molecular weight is 423 g/mol. The Balaban J connectivity index is 1.45. The van der Waals surface area contributed by atoms with Crippen LogP contribution in [0.15, 0.2) is 40.9 Å². The fraction of sp³-hybridized carbons (Fsp3) is 0.200. The molecule has 2 heterocycles. The summed E-state index contributed by atoms with van der Waals surface area (Å²) in [5.41, 5.74) is 1.31. The molecule has 0 fully saturated rings. The Hall–Kier alpha value is -2.44. The average Bonchev–Trinajstić information content (AvgIpc) is 3.27. The van der Waals surface area contributed by atoms with Gasteiger partial charge in [-0.2, -0.15) is 0 Å². The van der Waals surface area contributed by atoms with Crippen molar-refractivity contribution in [2.24, 2.45) is 0 Å². The molecule has 1 aliphatic heterocycles. The quantitative estimate of drug-likeness (QED) is 0.561. The second kappa shape index (κ2) is 7.53. The summed E-state index contributed by atoms with van der Waals surface area (Å²) in [6.07, 6.45) is 2.26. The van der Waals surface area contributed by atoms with Crippen LogP contribution in [0.1, 0.15) is 17.9 Å². The van der Waals surface area contributed by atoms with Gasteiger partial charge in [-0.05, 0) is 30.7 Å². The monoisotopic (exact) mass is 422 g/mol. The zero-order valence-corrected chi connectivity index (χ0v) is 16.0. The number of carbonyl (C=O) groups is 1. The molecule has 4 nitrogen and oxygen atoms in total. The summed E-state index contributed by atoms with van der Waals surface area (Å²) in [6.45, 7) is 0.325. The SMILES string of the molecule is O=C(CCc1ncc(-c2ccc(Cl)cc2Cl)o1)N1CCc2c(F)cc(F)cc21. The zero-order chi connectivity index (χ0) is 19.8. The highest BCUT2D eigenvalue weighted by atomic mass is 35.5. The van der Waals surface area contributed by atoms with Crippen molar-refractivity contribution in [2.45, 2.75) is 19.3 Å². The Bertz CT molecular complexity index is 1070. The van der Waals surface area contributed by atoms with Crippen LogP contribution in [-0.4, -0.2) is 17.4 Å². The van der Waals surface area contributed by atoms with Crippen LogP contribution in [-0.2, 0) is 17.6 Å². The van der Waals surface area contributed by atoms with Gasteiger partial charge in [0.15, 0.2) is 11.7 Å². The maximum atomic E-state index is 13.8. The minimum atomic E-state index is -0.701. The van der Waals surface area contributed by atoms with Gasteiger partial charge in [0.2, 0.25) is 5.91 Å². The molecule has 0 unspecified atom stereocenters. The number of hydrogen-bond donors (Lipinski definition) is 0. The number of anilines is 1. The van der Waals surface area contributed by atoms with Crippen LogP contribution in [0, 0.1) is 11.6 Å². The molecule has 1 aromatic heterocycles. The molecule has 0 atom stereocenters. The van der Waals surface area contributed by atoms with Gasteiger partial charge in [-0.25, -0.2) is 13.8 Å². The molecular formula is C20H14Cl2F2N2O2. The minimum Gasteiger partial charge on any atom is -0.441 e. The number of carbonyl (C=O) groups excluding carboxylic acids is 1. The number of aryl methyl sites for hydroxylation is 1. The largest absolute Gasteiger partial charge is 0.441 e. The molecule has 1 aliphatic rings. The Morgan fingerprint density at radius 1 is 1.21 bits per heavy atom. The molecule has 0 bridgehead atoms. The number of hydrogen-bond acceptors (Lipinski definition) is 3. The van der Waals surface area contributed by atoms with Crippen molar-refractivity contribution in [1.82, 2.24) is 4.98 Å². The van der Waals surface area contributed by atoms with Gasteiger partial charge in [0, 0.05) is 41.6 Å². The Morgan fingerprint density at radius 2 is 2.04 bits per heavy atom. The highest BCUT2D eigenvalue weighted by molar-refractivity contribution is 6.36. The number of amides is 1. The highest BCUT2D eigenvalue weighted by Gasteiger charge is 2.28. The lowest BCUT2D eigenvalue weighted by Crippen LogP contribution is -2.29. The molecule has 2 aromatic carbocycles. The number of fused-ring (bicyclic) bond motifs is 1. The van der Waals surface area contributed by atoms with Crippen molar-refractivity contribution < 1.29 is 18.0 Å². The van der Waals surface area contributed by atoms with Gasteiger partial charge >= 0.3 is 0 Å². The first-order valence-corrected chi connectivity index (χ1v) is 9.36. The summed E-state index contributed by atoms with van der Waals surface area (Å²) in [4.78, 5) is 18.1. The summed E-state index contributed by atoms with van der Waals surface area (Å²) < 4.78 is 33.0. The minimum absolute atomic E-state index is 0.103. The molecule has 8 heteroatoms. The molecule has 144 valence electrons. The second-order valence-corrected chi connectivity index (χ2v) is 7.27. The molecule has 3 aromatic rings. The van der Waals surface area contributed by atoms with Gasteiger partial charge in [-0.3, -0.25) is 4.79 Å². The Labute approximate surface area is 169 Å². The van der Waals surface area contributed by atoms with Crippen molar-refractivity contribution in [3.63, 3.8) is 0 Å². The first-order chi connectivity index (χ1) is 13.4. The summed E-state index contributed by atoms with van der Waals surface area (Å²) in [5, 5.41) is 0.946. The standard InChI is InChI=1S/C20H14Cl2F2N2O2/c21-11-1-2-13(15(22)7-11)18-10-25-19(28-18)3-4-20(27)26-6-5-14-16(24)8-12(23)9-17(14)26/h1-2,7-10H,3-6H2. The summed E-state index contributed by atoms with van der Waals surface area (Å²) in [7, 11) is 0. The van der Waals surface area contributed by atoms with E-state index in [0.717, 1.165) is 6.07 Å². The fourth-order valence-electron chi connectivity index (χ4n) is 3.27. The summed E-state index contributed by atoms with van der Waals surface area (Å²) in [6, 6.07) is 7.05. The van der Waals surface area contributed by atoms with E-state index >= 15 is 0 Å². The topological polar surface area (TPSA) is 46.3 Å². The highest BCUT2D eigenvalue weighted by Crippen LogP contribution is 2.33. The summed E-state index contributed by atoms with van der Waals surface area (Å²) >= 11 is 12.1. The maximum absolute atomic E-state index is 13.8. The number of rotatable bonds is 4. The molecular weight excluding hydrogens is 409 g/mol. The van der Waals surface area contributed by atoms with Gasteiger partial charge in [0.25, 0.3) is 0 Å². The molecule has 0 saturated heterocycles. The van der Waals surface area contributed by atoms with E-state index in [1.807, 2.05) is 0 Å². The lowest BCUT2D eigenvalue weighted by atomic mass is 10.1.